The van der Waals surface area contributed by atoms with Gasteiger partial charge in [-0.2, -0.15) is 0 Å². The van der Waals surface area contributed by atoms with E-state index >= 15 is 0 Å². The van der Waals surface area contributed by atoms with E-state index in [0.717, 1.165) is 19.5 Å². The molecule has 4 heteroatoms. The highest BCUT2D eigenvalue weighted by Gasteiger charge is 2.17. The second-order valence-corrected chi connectivity index (χ2v) is 5.74. The minimum absolute atomic E-state index is 0.290. The third kappa shape index (κ3) is 5.10. The SMILES string of the molecule is COc1cccc(F)c1C(N)CCN(C)CCC(C)C. The predicted molar refractivity (Wildman–Crippen MR) is 81.4 cm³/mol. The Hall–Kier alpha value is -1.13. The summed E-state index contributed by atoms with van der Waals surface area (Å²) in [5.74, 6) is 0.932. The van der Waals surface area contributed by atoms with Crippen molar-refractivity contribution in [2.45, 2.75) is 32.7 Å². The van der Waals surface area contributed by atoms with Crippen LogP contribution in [0.25, 0.3) is 0 Å². The van der Waals surface area contributed by atoms with E-state index in [1.165, 1.54) is 6.07 Å². The second kappa shape index (κ2) is 8.22. The monoisotopic (exact) mass is 282 g/mol. The van der Waals surface area contributed by atoms with Crippen LogP contribution >= 0.6 is 0 Å². The Kier molecular flexibility index (Phi) is 6.96. The van der Waals surface area contributed by atoms with E-state index in [4.69, 9.17) is 10.5 Å². The third-order valence-corrected chi connectivity index (χ3v) is 3.51. The maximum atomic E-state index is 13.9. The van der Waals surface area contributed by atoms with Crippen molar-refractivity contribution in [2.75, 3.05) is 27.2 Å². The Bertz CT molecular complexity index is 409. The molecule has 1 aromatic rings. The number of methoxy groups -OCH3 is 1. The number of nitrogens with zero attached hydrogens (tertiary/aromatic N) is 1. The van der Waals surface area contributed by atoms with E-state index in [1.54, 1.807) is 19.2 Å². The van der Waals surface area contributed by atoms with E-state index < -0.39 is 0 Å². The lowest BCUT2D eigenvalue weighted by Gasteiger charge is -2.21. The molecule has 1 unspecified atom stereocenters. The van der Waals surface area contributed by atoms with Crippen LogP contribution in [0.1, 0.15) is 38.3 Å². The molecule has 0 saturated carbocycles. The number of ether oxygens (including phenoxy) is 1. The lowest BCUT2D eigenvalue weighted by molar-refractivity contribution is 0.295. The van der Waals surface area contributed by atoms with Crippen molar-refractivity contribution in [3.05, 3.63) is 29.6 Å². The summed E-state index contributed by atoms with van der Waals surface area (Å²) in [6, 6.07) is 4.48. The van der Waals surface area contributed by atoms with Crippen LogP contribution < -0.4 is 10.5 Å². The molecule has 0 radical (unpaired) electrons. The molecule has 1 rings (SSSR count). The number of hydrogen-bond donors (Lipinski definition) is 1. The van der Waals surface area contributed by atoms with Gasteiger partial charge in [0.25, 0.3) is 0 Å². The highest BCUT2D eigenvalue weighted by molar-refractivity contribution is 5.37. The van der Waals surface area contributed by atoms with Crippen molar-refractivity contribution in [1.29, 1.82) is 0 Å². The average Bonchev–Trinajstić information content (AvgIpc) is 2.42. The Morgan fingerprint density at radius 2 is 1.90 bits per heavy atom. The van der Waals surface area contributed by atoms with Crippen molar-refractivity contribution in [3.63, 3.8) is 0 Å². The van der Waals surface area contributed by atoms with E-state index in [2.05, 4.69) is 25.8 Å². The van der Waals surface area contributed by atoms with Crippen LogP contribution in [0.2, 0.25) is 0 Å². The summed E-state index contributed by atoms with van der Waals surface area (Å²) in [6.45, 7) is 6.32. The van der Waals surface area contributed by atoms with Crippen LogP contribution in [0.15, 0.2) is 18.2 Å². The van der Waals surface area contributed by atoms with Gasteiger partial charge in [0.15, 0.2) is 0 Å². The molecule has 3 nitrogen and oxygen atoms in total. The molecule has 2 N–H and O–H groups in total. The molecule has 20 heavy (non-hydrogen) atoms. The predicted octanol–water partition coefficient (Wildman–Crippen LogP) is 3.20. The molecule has 0 saturated heterocycles. The number of nitrogens with two attached hydrogens (primary N) is 1. The van der Waals surface area contributed by atoms with Crippen LogP contribution in [0, 0.1) is 11.7 Å². The topological polar surface area (TPSA) is 38.5 Å². The van der Waals surface area contributed by atoms with Crippen LogP contribution in [0.4, 0.5) is 4.39 Å². The zero-order valence-corrected chi connectivity index (χ0v) is 13.0. The van der Waals surface area contributed by atoms with Crippen molar-refractivity contribution in [3.8, 4) is 5.75 Å². The number of benzene rings is 1. The first-order valence-electron chi connectivity index (χ1n) is 7.22. The van der Waals surface area contributed by atoms with Crippen molar-refractivity contribution >= 4 is 0 Å². The van der Waals surface area contributed by atoms with Crippen molar-refractivity contribution in [1.82, 2.24) is 4.90 Å². The van der Waals surface area contributed by atoms with Gasteiger partial charge in [-0.1, -0.05) is 19.9 Å². The Balaban J connectivity index is 2.56. The fraction of sp³-hybridized carbons (Fsp3) is 0.625. The van der Waals surface area contributed by atoms with Crippen LogP contribution in [-0.2, 0) is 0 Å². The molecule has 0 aliphatic carbocycles. The van der Waals surface area contributed by atoms with Gasteiger partial charge in [0.05, 0.1) is 7.11 Å². The molecule has 0 aromatic heterocycles. The first kappa shape index (κ1) is 16.9. The Morgan fingerprint density at radius 1 is 1.25 bits per heavy atom. The fourth-order valence-electron chi connectivity index (χ4n) is 2.15. The molecule has 1 aromatic carbocycles. The highest BCUT2D eigenvalue weighted by Crippen LogP contribution is 2.28. The molecule has 0 fully saturated rings. The second-order valence-electron chi connectivity index (χ2n) is 5.74. The van der Waals surface area contributed by atoms with Gasteiger partial charge in [0, 0.05) is 11.6 Å². The largest absolute Gasteiger partial charge is 0.496 e. The summed E-state index contributed by atoms with van der Waals surface area (Å²) in [5, 5.41) is 0. The van der Waals surface area contributed by atoms with Gasteiger partial charge in [-0.05, 0) is 51.0 Å². The summed E-state index contributed by atoms with van der Waals surface area (Å²) < 4.78 is 19.1. The fourth-order valence-corrected chi connectivity index (χ4v) is 2.15. The lowest BCUT2D eigenvalue weighted by atomic mass is 10.0. The molecular formula is C16H27FN2O. The molecule has 0 aliphatic rings. The van der Waals surface area contributed by atoms with Crippen LogP contribution in [0.5, 0.6) is 5.75 Å². The minimum Gasteiger partial charge on any atom is -0.496 e. The number of rotatable bonds is 8. The molecule has 0 spiro atoms. The molecule has 0 amide bonds. The minimum atomic E-state index is -0.340. The molecule has 0 heterocycles. The normalized spacial score (nSPS) is 13.0. The van der Waals surface area contributed by atoms with Gasteiger partial charge in [0.2, 0.25) is 0 Å². The summed E-state index contributed by atoms with van der Waals surface area (Å²) >= 11 is 0. The summed E-state index contributed by atoms with van der Waals surface area (Å²) in [6.07, 6.45) is 1.88. The van der Waals surface area contributed by atoms with Gasteiger partial charge in [-0.15, -0.1) is 0 Å². The zero-order valence-electron chi connectivity index (χ0n) is 13.0. The maximum Gasteiger partial charge on any atom is 0.131 e. The van der Waals surface area contributed by atoms with E-state index in [1.807, 2.05) is 0 Å². The van der Waals surface area contributed by atoms with E-state index in [9.17, 15) is 4.39 Å². The van der Waals surface area contributed by atoms with E-state index in [-0.39, 0.29) is 11.9 Å². The van der Waals surface area contributed by atoms with Gasteiger partial charge in [0.1, 0.15) is 11.6 Å². The smallest absolute Gasteiger partial charge is 0.131 e. The first-order chi connectivity index (χ1) is 9.45. The molecule has 0 bridgehead atoms. The van der Waals surface area contributed by atoms with Gasteiger partial charge < -0.3 is 15.4 Å². The molecular weight excluding hydrogens is 255 g/mol. The van der Waals surface area contributed by atoms with Gasteiger partial charge >= 0.3 is 0 Å². The summed E-state index contributed by atoms with van der Waals surface area (Å²) in [4.78, 5) is 2.24. The van der Waals surface area contributed by atoms with Crippen LogP contribution in [-0.4, -0.2) is 32.1 Å². The standard InChI is InChI=1S/C16H27FN2O/c1-12(2)8-10-19(3)11-9-14(18)16-13(17)6-5-7-15(16)20-4/h5-7,12,14H,8-11,18H2,1-4H3. The third-order valence-electron chi connectivity index (χ3n) is 3.51. The maximum absolute atomic E-state index is 13.9. The number of hydrogen-bond acceptors (Lipinski definition) is 3. The Labute approximate surface area is 121 Å². The molecule has 114 valence electrons. The summed E-state index contributed by atoms with van der Waals surface area (Å²) in [5.41, 5.74) is 6.61. The zero-order chi connectivity index (χ0) is 15.1. The lowest BCUT2D eigenvalue weighted by Crippen LogP contribution is -2.26. The average molecular weight is 282 g/mol. The van der Waals surface area contributed by atoms with Gasteiger partial charge in [-0.3, -0.25) is 0 Å². The number of halogens is 1. The molecule has 1 atom stereocenters. The van der Waals surface area contributed by atoms with Crippen molar-refractivity contribution < 1.29 is 9.13 Å². The molecule has 0 aliphatic heterocycles. The first-order valence-corrected chi connectivity index (χ1v) is 7.22. The quantitative estimate of drug-likeness (QED) is 0.795. The van der Waals surface area contributed by atoms with Crippen molar-refractivity contribution in [2.24, 2.45) is 11.7 Å². The Morgan fingerprint density at radius 3 is 2.50 bits per heavy atom. The highest BCUT2D eigenvalue weighted by atomic mass is 19.1. The van der Waals surface area contributed by atoms with Gasteiger partial charge in [-0.25, -0.2) is 4.39 Å². The van der Waals surface area contributed by atoms with E-state index in [0.29, 0.717) is 23.7 Å². The summed E-state index contributed by atoms with van der Waals surface area (Å²) in [7, 11) is 3.62. The van der Waals surface area contributed by atoms with Crippen LogP contribution in [0.3, 0.4) is 0 Å².